The number of carbonyl (C=O) groups is 1. The molecule has 1 aromatic heterocycles. The molecule has 0 saturated heterocycles. The summed E-state index contributed by atoms with van der Waals surface area (Å²) in [5, 5.41) is 7.70. The monoisotopic (exact) mass is 305 g/mol. The number of aromatic nitrogens is 2. The van der Waals surface area contributed by atoms with Crippen LogP contribution in [0.15, 0.2) is 0 Å². The average molecular weight is 305 g/mol. The molecular weight excluding hydrogens is 293 g/mol. The van der Waals surface area contributed by atoms with Crippen molar-refractivity contribution < 1.29 is 4.79 Å². The molecule has 0 saturated carbocycles. The van der Waals surface area contributed by atoms with Gasteiger partial charge >= 0.3 is 0 Å². The number of halogens is 1. The van der Waals surface area contributed by atoms with E-state index in [0.717, 1.165) is 28.0 Å². The van der Waals surface area contributed by atoms with E-state index >= 15 is 0 Å². The van der Waals surface area contributed by atoms with Crippen LogP contribution in [0.5, 0.6) is 0 Å². The molecule has 0 aliphatic carbocycles. The third-order valence-electron chi connectivity index (χ3n) is 2.43. The van der Waals surface area contributed by atoms with Crippen LogP contribution in [-0.2, 0) is 13.1 Å². The van der Waals surface area contributed by atoms with E-state index in [0.29, 0.717) is 6.04 Å². The van der Waals surface area contributed by atoms with E-state index in [1.54, 1.807) is 6.92 Å². The van der Waals surface area contributed by atoms with Crippen molar-refractivity contribution in [3.8, 4) is 0 Å². The van der Waals surface area contributed by atoms with Crippen molar-refractivity contribution in [2.45, 2.75) is 33.0 Å². The molecule has 1 aliphatic heterocycles. The predicted molar refractivity (Wildman–Crippen MR) is 61.3 cm³/mol. The molecule has 0 amide bonds. The van der Waals surface area contributed by atoms with Crippen LogP contribution in [0.3, 0.4) is 0 Å². The highest BCUT2D eigenvalue weighted by atomic mass is 127. The maximum Gasteiger partial charge on any atom is 0.164 e. The second kappa shape index (κ2) is 3.62. The molecule has 1 aromatic rings. The summed E-state index contributed by atoms with van der Waals surface area (Å²) in [5.74, 6) is 0.104. The molecule has 1 aliphatic rings. The Kier molecular flexibility index (Phi) is 2.61. The van der Waals surface area contributed by atoms with Gasteiger partial charge < -0.3 is 5.32 Å². The topological polar surface area (TPSA) is 46.9 Å². The highest BCUT2D eigenvalue weighted by Crippen LogP contribution is 2.20. The van der Waals surface area contributed by atoms with E-state index in [1.165, 1.54) is 0 Å². The van der Waals surface area contributed by atoms with Gasteiger partial charge in [-0.15, -0.1) is 0 Å². The van der Waals surface area contributed by atoms with Crippen LogP contribution < -0.4 is 5.32 Å². The average Bonchev–Trinajstić information content (AvgIpc) is 2.39. The summed E-state index contributed by atoms with van der Waals surface area (Å²) >= 11 is 2.12. The number of hydrogen-bond donors (Lipinski definition) is 1. The SMILES string of the molecule is CC(=O)c1c(I)nn2c1CNC(C)C2. The Morgan fingerprint density at radius 2 is 2.43 bits per heavy atom. The van der Waals surface area contributed by atoms with Crippen LogP contribution in [0, 0.1) is 3.70 Å². The molecule has 2 heterocycles. The third-order valence-corrected chi connectivity index (χ3v) is 3.19. The molecule has 4 nitrogen and oxygen atoms in total. The van der Waals surface area contributed by atoms with Crippen LogP contribution in [0.1, 0.15) is 29.9 Å². The Balaban J connectivity index is 2.49. The largest absolute Gasteiger partial charge is 0.307 e. The van der Waals surface area contributed by atoms with Crippen LogP contribution in [-0.4, -0.2) is 21.6 Å². The van der Waals surface area contributed by atoms with Gasteiger partial charge in [0.05, 0.1) is 17.8 Å². The lowest BCUT2D eigenvalue weighted by Crippen LogP contribution is -2.37. The Bertz CT molecular complexity index is 386. The zero-order valence-electron chi connectivity index (χ0n) is 8.17. The minimum absolute atomic E-state index is 0.104. The van der Waals surface area contributed by atoms with Crippen molar-refractivity contribution in [3.63, 3.8) is 0 Å². The van der Waals surface area contributed by atoms with E-state index in [1.807, 2.05) is 4.68 Å². The van der Waals surface area contributed by atoms with Crippen molar-refractivity contribution in [2.75, 3.05) is 0 Å². The smallest absolute Gasteiger partial charge is 0.164 e. The molecule has 0 radical (unpaired) electrons. The van der Waals surface area contributed by atoms with Crippen molar-refractivity contribution in [1.82, 2.24) is 15.1 Å². The molecular formula is C9H12IN3O. The molecule has 0 spiro atoms. The first-order chi connectivity index (χ1) is 6.59. The van der Waals surface area contributed by atoms with Crippen LogP contribution in [0.2, 0.25) is 0 Å². The van der Waals surface area contributed by atoms with Gasteiger partial charge in [0.2, 0.25) is 0 Å². The number of hydrogen-bond acceptors (Lipinski definition) is 3. The normalized spacial score (nSPS) is 20.6. The molecule has 0 bridgehead atoms. The number of carbonyl (C=O) groups excluding carboxylic acids is 1. The molecule has 2 rings (SSSR count). The second-order valence-corrected chi connectivity index (χ2v) is 4.65. The Labute approximate surface area is 96.2 Å². The highest BCUT2D eigenvalue weighted by molar-refractivity contribution is 14.1. The third kappa shape index (κ3) is 1.58. The minimum atomic E-state index is 0.104. The number of nitrogens with one attached hydrogen (secondary N) is 1. The molecule has 0 aromatic carbocycles. The van der Waals surface area contributed by atoms with Gasteiger partial charge in [-0.05, 0) is 36.4 Å². The van der Waals surface area contributed by atoms with Crippen LogP contribution in [0.4, 0.5) is 0 Å². The standard InChI is InChI=1S/C9H12IN3O/c1-5-4-13-7(3-11-5)8(6(2)14)9(10)12-13/h5,11H,3-4H2,1-2H3. The number of fused-ring (bicyclic) bond motifs is 1. The van der Waals surface area contributed by atoms with Gasteiger partial charge in [0, 0.05) is 12.6 Å². The van der Waals surface area contributed by atoms with Gasteiger partial charge in [-0.2, -0.15) is 5.10 Å². The summed E-state index contributed by atoms with van der Waals surface area (Å²) in [6, 6.07) is 0.429. The first-order valence-electron chi connectivity index (χ1n) is 4.59. The minimum Gasteiger partial charge on any atom is -0.307 e. The highest BCUT2D eigenvalue weighted by Gasteiger charge is 2.23. The summed E-state index contributed by atoms with van der Waals surface area (Å²) in [7, 11) is 0. The van der Waals surface area contributed by atoms with Crippen molar-refractivity contribution in [2.24, 2.45) is 0 Å². The molecule has 14 heavy (non-hydrogen) atoms. The van der Waals surface area contributed by atoms with Gasteiger partial charge in [-0.25, -0.2) is 0 Å². The summed E-state index contributed by atoms with van der Waals surface area (Å²) in [4.78, 5) is 11.4. The second-order valence-electron chi connectivity index (χ2n) is 3.63. The Morgan fingerprint density at radius 3 is 3.07 bits per heavy atom. The number of Topliss-reactive ketones (excluding diaryl/α,β-unsaturated/α-hetero) is 1. The lowest BCUT2D eigenvalue weighted by molar-refractivity contribution is 0.101. The number of rotatable bonds is 1. The maximum atomic E-state index is 11.4. The Hall–Kier alpha value is -0.430. The van der Waals surface area contributed by atoms with Gasteiger partial charge in [0.25, 0.3) is 0 Å². The van der Waals surface area contributed by atoms with Crippen molar-refractivity contribution in [1.29, 1.82) is 0 Å². The number of nitrogens with zero attached hydrogens (tertiary/aromatic N) is 2. The van der Waals surface area contributed by atoms with E-state index in [2.05, 4.69) is 39.9 Å². The van der Waals surface area contributed by atoms with Gasteiger partial charge in [-0.1, -0.05) is 0 Å². The molecule has 76 valence electrons. The van der Waals surface area contributed by atoms with Gasteiger partial charge in [0.1, 0.15) is 3.70 Å². The van der Waals surface area contributed by atoms with Crippen LogP contribution in [0.25, 0.3) is 0 Å². The number of ketones is 1. The molecule has 5 heteroatoms. The van der Waals surface area contributed by atoms with Gasteiger partial charge in [-0.3, -0.25) is 9.48 Å². The van der Waals surface area contributed by atoms with E-state index < -0.39 is 0 Å². The van der Waals surface area contributed by atoms with E-state index in [9.17, 15) is 4.79 Å². The van der Waals surface area contributed by atoms with Gasteiger partial charge in [0.15, 0.2) is 5.78 Å². The fraction of sp³-hybridized carbons (Fsp3) is 0.556. The van der Waals surface area contributed by atoms with E-state index in [-0.39, 0.29) is 5.78 Å². The summed E-state index contributed by atoms with van der Waals surface area (Å²) < 4.78 is 2.76. The lowest BCUT2D eigenvalue weighted by Gasteiger charge is -2.21. The molecule has 1 unspecified atom stereocenters. The maximum absolute atomic E-state index is 11.4. The first-order valence-corrected chi connectivity index (χ1v) is 5.67. The molecule has 0 fully saturated rings. The predicted octanol–water partition coefficient (Wildman–Crippen LogP) is 1.18. The summed E-state index contributed by atoms with van der Waals surface area (Å²) in [6.07, 6.45) is 0. The van der Waals surface area contributed by atoms with Crippen molar-refractivity contribution in [3.05, 3.63) is 15.0 Å². The molecule has 1 N–H and O–H groups in total. The quantitative estimate of drug-likeness (QED) is 0.626. The van der Waals surface area contributed by atoms with Crippen LogP contribution >= 0.6 is 22.6 Å². The van der Waals surface area contributed by atoms with Crippen molar-refractivity contribution >= 4 is 28.4 Å². The summed E-state index contributed by atoms with van der Waals surface area (Å²) in [5.41, 5.74) is 1.81. The zero-order valence-corrected chi connectivity index (χ0v) is 10.3. The first kappa shape index (κ1) is 10.1. The lowest BCUT2D eigenvalue weighted by atomic mass is 10.1. The fourth-order valence-corrected chi connectivity index (χ4v) is 2.69. The molecule has 1 atom stereocenters. The Morgan fingerprint density at radius 1 is 1.71 bits per heavy atom. The zero-order chi connectivity index (χ0) is 10.3. The van der Waals surface area contributed by atoms with E-state index in [4.69, 9.17) is 0 Å². The fourth-order valence-electron chi connectivity index (χ4n) is 1.74. The summed E-state index contributed by atoms with van der Waals surface area (Å²) in [6.45, 7) is 5.30.